The number of ether oxygens (including phenoxy) is 1. The van der Waals surface area contributed by atoms with Crippen LogP contribution in [0.4, 0.5) is 10.5 Å². The van der Waals surface area contributed by atoms with E-state index in [0.29, 0.717) is 16.3 Å². The van der Waals surface area contributed by atoms with Crippen molar-refractivity contribution in [3.8, 4) is 11.1 Å². The number of hydrogen-bond acceptors (Lipinski definition) is 5. The molecule has 0 heterocycles. The Hall–Kier alpha value is -4.18. The van der Waals surface area contributed by atoms with Crippen LogP contribution in [0.2, 0.25) is 5.02 Å². The second-order valence-corrected chi connectivity index (χ2v) is 11.6. The SMILES string of the molecule is O=C(Nc1cccc(C2C[C@]2(NS(=O)(=O)c2ccc(-c3ccc(Cl)cc3)cc2)C(=O)O)c1)OCc1ccccc1. The maximum atomic E-state index is 13.2. The predicted octanol–water partition coefficient (Wildman–Crippen LogP) is 6.04. The maximum absolute atomic E-state index is 13.2. The highest BCUT2D eigenvalue weighted by Gasteiger charge is 2.63. The van der Waals surface area contributed by atoms with Crippen molar-refractivity contribution in [2.75, 3.05) is 5.32 Å². The molecule has 1 aliphatic carbocycles. The van der Waals surface area contributed by atoms with E-state index in [4.69, 9.17) is 16.3 Å². The fraction of sp³-hybridized carbons (Fsp3) is 0.133. The van der Waals surface area contributed by atoms with Crippen LogP contribution >= 0.6 is 11.6 Å². The quantitative estimate of drug-likeness (QED) is 0.223. The van der Waals surface area contributed by atoms with E-state index in [9.17, 15) is 23.1 Å². The zero-order valence-electron chi connectivity index (χ0n) is 21.1. The van der Waals surface area contributed by atoms with Crippen LogP contribution < -0.4 is 10.0 Å². The summed E-state index contributed by atoms with van der Waals surface area (Å²) < 4.78 is 34.1. The van der Waals surface area contributed by atoms with Crippen molar-refractivity contribution >= 4 is 39.4 Å². The van der Waals surface area contributed by atoms with Crippen molar-refractivity contribution in [2.45, 2.75) is 29.4 Å². The van der Waals surface area contributed by atoms with Crippen LogP contribution in [0.5, 0.6) is 0 Å². The van der Waals surface area contributed by atoms with E-state index in [-0.39, 0.29) is 17.9 Å². The van der Waals surface area contributed by atoms with Crippen molar-refractivity contribution in [1.82, 2.24) is 4.72 Å². The molecule has 0 bridgehead atoms. The molecular weight excluding hydrogens is 552 g/mol. The number of carbonyl (C=O) groups is 2. The molecule has 0 aliphatic heterocycles. The molecule has 2 atom stereocenters. The van der Waals surface area contributed by atoms with E-state index in [1.807, 2.05) is 42.5 Å². The summed E-state index contributed by atoms with van der Waals surface area (Å²) in [7, 11) is -4.15. The lowest BCUT2D eigenvalue weighted by Gasteiger charge is -2.16. The van der Waals surface area contributed by atoms with Gasteiger partial charge in [-0.1, -0.05) is 78.3 Å². The van der Waals surface area contributed by atoms with Gasteiger partial charge in [-0.15, -0.1) is 0 Å². The molecule has 204 valence electrons. The average molecular weight is 577 g/mol. The first-order valence-electron chi connectivity index (χ1n) is 12.4. The number of aliphatic carboxylic acids is 1. The summed E-state index contributed by atoms with van der Waals surface area (Å²) in [5.74, 6) is -1.91. The molecule has 4 aromatic rings. The van der Waals surface area contributed by atoms with Gasteiger partial charge in [-0.3, -0.25) is 10.1 Å². The molecule has 4 aromatic carbocycles. The van der Waals surface area contributed by atoms with Crippen molar-refractivity contribution in [3.05, 3.63) is 119 Å². The Morgan fingerprint density at radius 2 is 1.55 bits per heavy atom. The monoisotopic (exact) mass is 576 g/mol. The van der Waals surface area contributed by atoms with Gasteiger partial charge in [0.25, 0.3) is 0 Å². The number of amides is 1. The summed E-state index contributed by atoms with van der Waals surface area (Å²) >= 11 is 5.94. The molecule has 3 N–H and O–H groups in total. The van der Waals surface area contributed by atoms with Crippen LogP contribution in [0.1, 0.15) is 23.5 Å². The molecule has 10 heteroatoms. The number of nitrogens with one attached hydrogen (secondary N) is 2. The van der Waals surface area contributed by atoms with E-state index in [1.54, 1.807) is 48.5 Å². The summed E-state index contributed by atoms with van der Waals surface area (Å²) in [5, 5.41) is 13.3. The Morgan fingerprint density at radius 1 is 0.900 bits per heavy atom. The number of carboxylic acids is 1. The van der Waals surface area contributed by atoms with Gasteiger partial charge in [0.15, 0.2) is 0 Å². The van der Waals surface area contributed by atoms with Crippen molar-refractivity contribution in [1.29, 1.82) is 0 Å². The molecule has 0 radical (unpaired) electrons. The first-order valence-corrected chi connectivity index (χ1v) is 14.2. The number of carbonyl (C=O) groups excluding carboxylic acids is 1. The third-order valence-electron chi connectivity index (χ3n) is 6.75. The second-order valence-electron chi connectivity index (χ2n) is 9.48. The van der Waals surface area contributed by atoms with Gasteiger partial charge < -0.3 is 9.84 Å². The normalized spacial score (nSPS) is 18.1. The Labute approximate surface area is 236 Å². The number of rotatable bonds is 9. The van der Waals surface area contributed by atoms with E-state index in [0.717, 1.165) is 16.7 Å². The molecule has 0 aromatic heterocycles. The van der Waals surface area contributed by atoms with Crippen LogP contribution in [0, 0.1) is 0 Å². The van der Waals surface area contributed by atoms with Gasteiger partial charge in [0.1, 0.15) is 12.1 Å². The van der Waals surface area contributed by atoms with Crippen molar-refractivity contribution in [2.24, 2.45) is 0 Å². The molecule has 1 saturated carbocycles. The predicted molar refractivity (Wildman–Crippen MR) is 152 cm³/mol. The molecule has 1 unspecified atom stereocenters. The van der Waals surface area contributed by atoms with Gasteiger partial charge >= 0.3 is 12.1 Å². The van der Waals surface area contributed by atoms with Crippen LogP contribution in [0.15, 0.2) is 108 Å². The molecule has 0 spiro atoms. The summed E-state index contributed by atoms with van der Waals surface area (Å²) in [6.45, 7) is 0.0968. The summed E-state index contributed by atoms with van der Waals surface area (Å²) in [6.07, 6.45) is -0.601. The molecule has 5 rings (SSSR count). The molecule has 8 nitrogen and oxygen atoms in total. The minimum absolute atomic E-state index is 0.0481. The number of sulfonamides is 1. The smallest absolute Gasteiger partial charge is 0.411 e. The zero-order valence-corrected chi connectivity index (χ0v) is 22.7. The van der Waals surface area contributed by atoms with Gasteiger partial charge in [0.2, 0.25) is 10.0 Å². The average Bonchev–Trinajstić information content (AvgIpc) is 3.68. The minimum Gasteiger partial charge on any atom is -0.480 e. The number of halogens is 1. The first kappa shape index (κ1) is 27.4. The van der Waals surface area contributed by atoms with E-state index >= 15 is 0 Å². The number of anilines is 1. The van der Waals surface area contributed by atoms with Crippen molar-refractivity contribution < 1.29 is 27.9 Å². The van der Waals surface area contributed by atoms with Gasteiger partial charge in [-0.05, 0) is 65.1 Å². The Morgan fingerprint density at radius 3 is 2.20 bits per heavy atom. The van der Waals surface area contributed by atoms with Crippen LogP contribution in [-0.2, 0) is 26.2 Å². The fourth-order valence-corrected chi connectivity index (χ4v) is 6.07. The van der Waals surface area contributed by atoms with Gasteiger partial charge in [0, 0.05) is 16.6 Å². The van der Waals surface area contributed by atoms with Gasteiger partial charge in [0.05, 0.1) is 4.90 Å². The second kappa shape index (κ2) is 11.1. The van der Waals surface area contributed by atoms with E-state index in [2.05, 4.69) is 10.0 Å². The Bertz CT molecular complexity index is 1640. The summed E-state index contributed by atoms with van der Waals surface area (Å²) in [6, 6.07) is 29.2. The molecule has 1 fully saturated rings. The zero-order chi connectivity index (χ0) is 28.3. The highest BCUT2D eigenvalue weighted by Crippen LogP contribution is 2.52. The first-order chi connectivity index (χ1) is 19.2. The lowest BCUT2D eigenvalue weighted by Crippen LogP contribution is -2.44. The molecular formula is C30H25ClN2O6S. The lowest BCUT2D eigenvalue weighted by atomic mass is 10.1. The fourth-order valence-electron chi connectivity index (χ4n) is 4.54. The maximum Gasteiger partial charge on any atom is 0.411 e. The Kier molecular flexibility index (Phi) is 7.62. The number of benzene rings is 4. The highest BCUT2D eigenvalue weighted by atomic mass is 35.5. The third-order valence-corrected chi connectivity index (χ3v) is 8.53. The van der Waals surface area contributed by atoms with Gasteiger partial charge in [-0.2, -0.15) is 4.72 Å². The standard InChI is InChI=1S/C30H25ClN2O6S/c31-24-13-9-21(10-14-24)22-11-15-26(16-12-22)40(37,38)33-30(28(34)35)18-27(30)23-7-4-8-25(17-23)32-29(36)39-19-20-5-2-1-3-6-20/h1-17,27,33H,18-19H2,(H,32,36)(H,34,35)/t27?,30-/m1/s1. The van der Waals surface area contributed by atoms with E-state index in [1.165, 1.54) is 12.1 Å². The topological polar surface area (TPSA) is 122 Å². The van der Waals surface area contributed by atoms with Crippen LogP contribution in [0.25, 0.3) is 11.1 Å². The third kappa shape index (κ3) is 6.02. The highest BCUT2D eigenvalue weighted by molar-refractivity contribution is 7.89. The molecule has 0 saturated heterocycles. The van der Waals surface area contributed by atoms with Crippen LogP contribution in [-0.4, -0.2) is 31.1 Å². The van der Waals surface area contributed by atoms with Crippen molar-refractivity contribution in [3.63, 3.8) is 0 Å². The number of hydrogen-bond donors (Lipinski definition) is 3. The minimum atomic E-state index is -4.15. The largest absolute Gasteiger partial charge is 0.480 e. The van der Waals surface area contributed by atoms with Gasteiger partial charge in [-0.25, -0.2) is 13.2 Å². The Balaban J connectivity index is 1.27. The molecule has 40 heavy (non-hydrogen) atoms. The summed E-state index contributed by atoms with van der Waals surface area (Å²) in [5.41, 5.74) is 1.76. The molecule has 1 amide bonds. The van der Waals surface area contributed by atoms with E-state index < -0.39 is 33.5 Å². The lowest BCUT2D eigenvalue weighted by molar-refractivity contribution is -0.140. The number of carboxylic acid groups (broad SMARTS) is 1. The molecule has 1 aliphatic rings. The van der Waals surface area contributed by atoms with Crippen LogP contribution in [0.3, 0.4) is 0 Å². The summed E-state index contributed by atoms with van der Waals surface area (Å²) in [4.78, 5) is 24.5.